The molecule has 2 amide bonds. The van der Waals surface area contributed by atoms with Crippen LogP contribution >= 0.6 is 0 Å². The molecule has 0 saturated carbocycles. The maximum absolute atomic E-state index is 14.7. The lowest BCUT2D eigenvalue weighted by Gasteiger charge is -2.22. The van der Waals surface area contributed by atoms with E-state index in [1.54, 1.807) is 0 Å². The fourth-order valence-electron chi connectivity index (χ4n) is 3.57. The van der Waals surface area contributed by atoms with Crippen molar-refractivity contribution in [1.82, 2.24) is 10.4 Å². The van der Waals surface area contributed by atoms with Crippen LogP contribution < -0.4 is 21.3 Å². The van der Waals surface area contributed by atoms with E-state index in [1.165, 1.54) is 23.1 Å². The summed E-state index contributed by atoms with van der Waals surface area (Å²) in [5.74, 6) is -2.03. The summed E-state index contributed by atoms with van der Waals surface area (Å²) in [6.45, 7) is 3.75. The zero-order chi connectivity index (χ0) is 26.1. The van der Waals surface area contributed by atoms with E-state index >= 15 is 0 Å². The van der Waals surface area contributed by atoms with Crippen molar-refractivity contribution in [3.05, 3.63) is 53.8 Å². The van der Waals surface area contributed by atoms with Gasteiger partial charge in [-0.1, -0.05) is 19.1 Å². The van der Waals surface area contributed by atoms with Crippen molar-refractivity contribution in [3.63, 3.8) is 0 Å². The number of benzene rings is 2. The number of alkyl halides is 2. The summed E-state index contributed by atoms with van der Waals surface area (Å²) in [5, 5.41) is 6.81. The molecule has 1 aliphatic rings. The molecular formula is C24H30F3N5O4. The number of carbonyl (C=O) groups is 2. The van der Waals surface area contributed by atoms with Crippen LogP contribution in [0.25, 0.3) is 0 Å². The molecule has 1 heterocycles. The first kappa shape index (κ1) is 27.1. The quantitative estimate of drug-likeness (QED) is 0.216. The van der Waals surface area contributed by atoms with Crippen LogP contribution in [0.4, 0.5) is 35.0 Å². The van der Waals surface area contributed by atoms with Crippen LogP contribution in [0.5, 0.6) is 0 Å². The number of rotatable bonds is 13. The Bertz CT molecular complexity index is 1030. The molecule has 0 bridgehead atoms. The minimum atomic E-state index is -3.16. The lowest BCUT2D eigenvalue weighted by atomic mass is 10.2. The van der Waals surface area contributed by atoms with Gasteiger partial charge in [0.05, 0.1) is 31.1 Å². The summed E-state index contributed by atoms with van der Waals surface area (Å²) in [6.07, 6.45) is -3.83. The van der Waals surface area contributed by atoms with Crippen molar-refractivity contribution in [2.24, 2.45) is 0 Å². The zero-order valence-corrected chi connectivity index (χ0v) is 19.9. The molecule has 1 fully saturated rings. The van der Waals surface area contributed by atoms with Gasteiger partial charge in [-0.05, 0) is 42.3 Å². The number of carbonyl (C=O) groups excluding carboxylic acids is 2. The topological polar surface area (TPSA) is 109 Å². The number of nitrogens with zero attached hydrogens (tertiary/aromatic N) is 2. The Balaban J connectivity index is 1.47. The molecule has 0 unspecified atom stereocenters. The average Bonchev–Trinajstić information content (AvgIpc) is 3.22. The van der Waals surface area contributed by atoms with Crippen LogP contribution in [0.3, 0.4) is 0 Å². The van der Waals surface area contributed by atoms with E-state index in [9.17, 15) is 22.8 Å². The Labute approximate surface area is 207 Å². The normalized spacial score (nSPS) is 15.4. The summed E-state index contributed by atoms with van der Waals surface area (Å²) in [6, 6.07) is 11.7. The molecule has 12 heteroatoms. The van der Waals surface area contributed by atoms with Crippen molar-refractivity contribution in [3.8, 4) is 0 Å². The molecule has 3 rings (SSSR count). The van der Waals surface area contributed by atoms with Crippen LogP contribution in [0.2, 0.25) is 0 Å². The number of ether oxygens (including phenoxy) is 1. The Morgan fingerprint density at radius 2 is 2.03 bits per heavy atom. The van der Waals surface area contributed by atoms with Crippen molar-refractivity contribution in [2.75, 3.05) is 48.7 Å². The molecule has 9 nitrogen and oxygen atoms in total. The van der Waals surface area contributed by atoms with Crippen molar-refractivity contribution < 1.29 is 32.3 Å². The highest BCUT2D eigenvalue weighted by Crippen LogP contribution is 2.26. The van der Waals surface area contributed by atoms with Gasteiger partial charge >= 0.3 is 12.5 Å². The first-order valence-electron chi connectivity index (χ1n) is 11.6. The van der Waals surface area contributed by atoms with Gasteiger partial charge in [0.15, 0.2) is 0 Å². The van der Waals surface area contributed by atoms with E-state index in [2.05, 4.69) is 5.32 Å². The maximum atomic E-state index is 14.7. The molecule has 36 heavy (non-hydrogen) atoms. The second-order valence-corrected chi connectivity index (χ2v) is 8.19. The predicted octanol–water partition coefficient (Wildman–Crippen LogP) is 3.37. The predicted molar refractivity (Wildman–Crippen MR) is 129 cm³/mol. The third-order valence-electron chi connectivity index (χ3n) is 5.34. The van der Waals surface area contributed by atoms with E-state index in [0.29, 0.717) is 25.4 Å². The Kier molecular flexibility index (Phi) is 9.77. The maximum Gasteiger partial charge on any atom is 0.414 e. The number of amides is 2. The molecule has 196 valence electrons. The summed E-state index contributed by atoms with van der Waals surface area (Å²) < 4.78 is 44.3. The summed E-state index contributed by atoms with van der Waals surface area (Å²) in [5.41, 5.74) is 7.96. The van der Waals surface area contributed by atoms with Crippen LogP contribution in [-0.4, -0.2) is 62.4 Å². The highest BCUT2D eigenvalue weighted by Gasteiger charge is 2.33. The summed E-state index contributed by atoms with van der Waals surface area (Å²) in [7, 11) is 0. The molecule has 0 aliphatic carbocycles. The van der Waals surface area contributed by atoms with Gasteiger partial charge in [-0.15, -0.1) is 0 Å². The van der Waals surface area contributed by atoms with Crippen molar-refractivity contribution in [2.45, 2.75) is 32.4 Å². The van der Waals surface area contributed by atoms with Crippen LogP contribution in [0, 0.1) is 5.82 Å². The van der Waals surface area contributed by atoms with Gasteiger partial charge in [0, 0.05) is 25.3 Å². The number of hydrogen-bond acceptors (Lipinski definition) is 7. The van der Waals surface area contributed by atoms with E-state index in [0.717, 1.165) is 18.5 Å². The fraction of sp³-hybridized carbons (Fsp3) is 0.417. The molecule has 1 atom stereocenters. The number of hydroxylamine groups is 2. The monoisotopic (exact) mass is 509 g/mol. The van der Waals surface area contributed by atoms with Gasteiger partial charge in [0.25, 0.3) is 5.91 Å². The first-order valence-corrected chi connectivity index (χ1v) is 11.6. The standard InChI is InChI=1S/C24H30F3N5O4/c1-2-10-31(14-16-3-5-17(28)6-4-16)35-11-9-29-21-8-7-18(12-20(21)25)32-15-19(36-24(32)34)13-30-23(33)22(26)27/h3-8,12,19,22,29H,2,9-11,13-15,28H2,1H3,(H,30,33)/t19-/m0/s1. The second-order valence-electron chi connectivity index (χ2n) is 8.19. The molecule has 0 aromatic heterocycles. The highest BCUT2D eigenvalue weighted by atomic mass is 19.3. The van der Waals surface area contributed by atoms with Crippen molar-refractivity contribution >= 4 is 29.1 Å². The molecule has 1 aliphatic heterocycles. The van der Waals surface area contributed by atoms with E-state index in [-0.39, 0.29) is 24.5 Å². The average molecular weight is 510 g/mol. The third-order valence-corrected chi connectivity index (χ3v) is 5.34. The summed E-state index contributed by atoms with van der Waals surface area (Å²) >= 11 is 0. The number of nitrogens with two attached hydrogens (primary N) is 1. The van der Waals surface area contributed by atoms with Crippen LogP contribution in [0.15, 0.2) is 42.5 Å². The van der Waals surface area contributed by atoms with Gasteiger partial charge in [0.1, 0.15) is 11.9 Å². The minimum Gasteiger partial charge on any atom is -0.442 e. The molecular weight excluding hydrogens is 479 g/mol. The minimum absolute atomic E-state index is 0.0102. The van der Waals surface area contributed by atoms with Gasteiger partial charge in [-0.25, -0.2) is 9.18 Å². The van der Waals surface area contributed by atoms with Crippen molar-refractivity contribution in [1.29, 1.82) is 0 Å². The molecule has 4 N–H and O–H groups in total. The number of nitrogens with one attached hydrogen (secondary N) is 2. The Hall–Kier alpha value is -3.51. The van der Waals surface area contributed by atoms with Gasteiger partial charge in [-0.2, -0.15) is 13.8 Å². The smallest absolute Gasteiger partial charge is 0.414 e. The molecule has 2 aromatic carbocycles. The lowest BCUT2D eigenvalue weighted by Crippen LogP contribution is -2.37. The van der Waals surface area contributed by atoms with Crippen LogP contribution in [0.1, 0.15) is 18.9 Å². The highest BCUT2D eigenvalue weighted by molar-refractivity contribution is 5.90. The number of hydrogen-bond donors (Lipinski definition) is 3. The molecule has 1 saturated heterocycles. The second kappa shape index (κ2) is 13.0. The molecule has 0 spiro atoms. The SMILES string of the molecule is CCCN(Cc1ccc(N)cc1)OCCNc1ccc(N2C[C@H](CNC(=O)C(F)F)OC2=O)cc1F. The first-order chi connectivity index (χ1) is 17.3. The Morgan fingerprint density at radius 3 is 2.69 bits per heavy atom. The van der Waals surface area contributed by atoms with E-state index in [4.69, 9.17) is 15.3 Å². The largest absolute Gasteiger partial charge is 0.442 e. The lowest BCUT2D eigenvalue weighted by molar-refractivity contribution is -0.162. The molecule has 0 radical (unpaired) electrons. The number of nitrogen functional groups attached to an aromatic ring is 1. The van der Waals surface area contributed by atoms with Gasteiger partial charge in [0.2, 0.25) is 0 Å². The summed E-state index contributed by atoms with van der Waals surface area (Å²) in [4.78, 5) is 30.1. The fourth-order valence-corrected chi connectivity index (χ4v) is 3.57. The number of anilines is 3. The number of cyclic esters (lactones) is 1. The Morgan fingerprint density at radius 1 is 1.28 bits per heavy atom. The van der Waals surface area contributed by atoms with Gasteiger partial charge < -0.3 is 21.1 Å². The van der Waals surface area contributed by atoms with Gasteiger partial charge in [-0.3, -0.25) is 14.5 Å². The van der Waals surface area contributed by atoms with E-state index in [1.807, 2.05) is 41.6 Å². The van der Waals surface area contributed by atoms with Crippen LogP contribution in [-0.2, 0) is 20.9 Å². The zero-order valence-electron chi connectivity index (χ0n) is 19.9. The van der Waals surface area contributed by atoms with E-state index < -0.39 is 30.3 Å². The third kappa shape index (κ3) is 7.75. The molecule has 2 aromatic rings. The number of halogens is 3.